The number of fused-ring (bicyclic) bond motifs is 1. The molecule has 0 bridgehead atoms. The molecule has 0 aliphatic rings. The molecule has 0 saturated carbocycles. The molecule has 1 aromatic carbocycles. The predicted octanol–water partition coefficient (Wildman–Crippen LogP) is -0.231. The van der Waals surface area contributed by atoms with Crippen LogP contribution in [0.2, 0.25) is 0 Å². The molecule has 0 spiro atoms. The maximum atomic E-state index is 9.51. The number of aliphatic hydroxyl groups excluding tert-OH is 4. The van der Waals surface area contributed by atoms with E-state index in [-0.39, 0.29) is 0 Å². The SMILES string of the molecule is OCC(O)C(O)C(O)/C=N/Nc1nc2ccccc2s1. The summed E-state index contributed by atoms with van der Waals surface area (Å²) in [7, 11) is 0. The molecule has 0 aliphatic heterocycles. The summed E-state index contributed by atoms with van der Waals surface area (Å²) in [5.74, 6) is 0. The van der Waals surface area contributed by atoms with Gasteiger partial charge in [0.25, 0.3) is 0 Å². The van der Waals surface area contributed by atoms with Gasteiger partial charge in [-0.2, -0.15) is 5.10 Å². The highest BCUT2D eigenvalue weighted by molar-refractivity contribution is 7.22. The number of aliphatic hydroxyl groups is 4. The first-order valence-corrected chi connectivity index (χ1v) is 6.73. The van der Waals surface area contributed by atoms with E-state index in [1.165, 1.54) is 11.3 Å². The lowest BCUT2D eigenvalue weighted by Crippen LogP contribution is -2.40. The maximum absolute atomic E-state index is 9.51. The lowest BCUT2D eigenvalue weighted by atomic mass is 10.1. The van der Waals surface area contributed by atoms with Gasteiger partial charge in [0.05, 0.1) is 23.0 Å². The van der Waals surface area contributed by atoms with Crippen molar-refractivity contribution in [2.75, 3.05) is 12.0 Å². The molecule has 1 heterocycles. The van der Waals surface area contributed by atoms with Gasteiger partial charge in [0.15, 0.2) is 0 Å². The number of hydrogen-bond donors (Lipinski definition) is 5. The van der Waals surface area contributed by atoms with Crippen LogP contribution < -0.4 is 5.43 Å². The highest BCUT2D eigenvalue weighted by Crippen LogP contribution is 2.25. The lowest BCUT2D eigenvalue weighted by molar-refractivity contribution is -0.0541. The highest BCUT2D eigenvalue weighted by Gasteiger charge is 2.22. The summed E-state index contributed by atoms with van der Waals surface area (Å²) < 4.78 is 1.00. The number of hydrazone groups is 1. The van der Waals surface area contributed by atoms with Gasteiger partial charge < -0.3 is 20.4 Å². The number of rotatable bonds is 6. The summed E-state index contributed by atoms with van der Waals surface area (Å²) in [4.78, 5) is 4.27. The number of anilines is 1. The van der Waals surface area contributed by atoms with Gasteiger partial charge in [-0.05, 0) is 12.1 Å². The van der Waals surface area contributed by atoms with Crippen LogP contribution in [0.4, 0.5) is 5.13 Å². The van der Waals surface area contributed by atoms with Gasteiger partial charge in [0.2, 0.25) is 5.13 Å². The van der Waals surface area contributed by atoms with Crippen LogP contribution in [-0.4, -0.2) is 56.5 Å². The number of thiazole rings is 1. The largest absolute Gasteiger partial charge is 0.394 e. The van der Waals surface area contributed by atoms with Gasteiger partial charge in [0, 0.05) is 0 Å². The molecular formula is C12H15N3O4S. The zero-order chi connectivity index (χ0) is 14.5. The molecule has 8 heteroatoms. The van der Waals surface area contributed by atoms with Gasteiger partial charge in [0.1, 0.15) is 18.3 Å². The smallest absolute Gasteiger partial charge is 0.204 e. The zero-order valence-electron chi connectivity index (χ0n) is 10.4. The molecule has 1 aromatic heterocycles. The van der Waals surface area contributed by atoms with Crippen LogP contribution in [0.25, 0.3) is 10.2 Å². The predicted molar refractivity (Wildman–Crippen MR) is 76.8 cm³/mol. The standard InChI is InChI=1S/C12H15N3O4S/c16-6-9(18)11(19)8(17)5-13-15-12-14-7-3-1-2-4-10(7)20-12/h1-5,8-9,11,16-19H,6H2,(H,14,15)/b13-5+. The Kier molecular flexibility index (Phi) is 4.99. The molecular weight excluding hydrogens is 282 g/mol. The average Bonchev–Trinajstić information content (AvgIpc) is 2.88. The van der Waals surface area contributed by atoms with E-state index in [0.29, 0.717) is 5.13 Å². The van der Waals surface area contributed by atoms with Crippen LogP contribution in [0.1, 0.15) is 0 Å². The van der Waals surface area contributed by atoms with E-state index in [4.69, 9.17) is 10.2 Å². The molecule has 0 fully saturated rings. The Hall–Kier alpha value is -1.58. The third-order valence-electron chi connectivity index (χ3n) is 2.61. The maximum Gasteiger partial charge on any atom is 0.204 e. The molecule has 108 valence electrons. The van der Waals surface area contributed by atoms with E-state index in [1.807, 2.05) is 24.3 Å². The molecule has 2 rings (SSSR count). The summed E-state index contributed by atoms with van der Waals surface area (Å²) in [6.45, 7) is -0.642. The second-order valence-corrected chi connectivity index (χ2v) is 5.14. The third-order valence-corrected chi connectivity index (χ3v) is 3.55. The molecule has 0 saturated heterocycles. The van der Waals surface area contributed by atoms with E-state index >= 15 is 0 Å². The van der Waals surface area contributed by atoms with E-state index in [1.54, 1.807) is 0 Å². The van der Waals surface area contributed by atoms with Crippen LogP contribution in [0.15, 0.2) is 29.4 Å². The van der Waals surface area contributed by atoms with Crippen LogP contribution in [-0.2, 0) is 0 Å². The fraction of sp³-hybridized carbons (Fsp3) is 0.333. The molecule has 0 amide bonds. The second-order valence-electron chi connectivity index (χ2n) is 4.11. The molecule has 0 radical (unpaired) electrons. The number of para-hydroxylation sites is 1. The zero-order valence-corrected chi connectivity index (χ0v) is 11.2. The van der Waals surface area contributed by atoms with E-state index in [0.717, 1.165) is 16.4 Å². The van der Waals surface area contributed by atoms with Crippen molar-refractivity contribution in [3.05, 3.63) is 24.3 Å². The number of benzene rings is 1. The summed E-state index contributed by atoms with van der Waals surface area (Å²) in [5.41, 5.74) is 3.48. The molecule has 0 aliphatic carbocycles. The minimum Gasteiger partial charge on any atom is -0.394 e. The highest BCUT2D eigenvalue weighted by atomic mass is 32.1. The van der Waals surface area contributed by atoms with Crippen molar-refractivity contribution in [1.82, 2.24) is 4.98 Å². The first kappa shape index (κ1) is 14.8. The minimum absolute atomic E-state index is 0.548. The van der Waals surface area contributed by atoms with Crippen molar-refractivity contribution in [1.29, 1.82) is 0 Å². The van der Waals surface area contributed by atoms with Crippen molar-refractivity contribution >= 4 is 32.9 Å². The third kappa shape index (κ3) is 3.50. The van der Waals surface area contributed by atoms with Crippen LogP contribution in [0, 0.1) is 0 Å². The first-order chi connectivity index (χ1) is 9.61. The summed E-state index contributed by atoms with van der Waals surface area (Å²) in [6.07, 6.45) is -3.27. The van der Waals surface area contributed by atoms with E-state index in [9.17, 15) is 10.2 Å². The monoisotopic (exact) mass is 297 g/mol. The summed E-state index contributed by atoms with van der Waals surface area (Å²) >= 11 is 1.40. The van der Waals surface area contributed by atoms with Crippen LogP contribution >= 0.6 is 11.3 Å². The Balaban J connectivity index is 1.95. The molecule has 3 unspecified atom stereocenters. The van der Waals surface area contributed by atoms with Crippen LogP contribution in [0.3, 0.4) is 0 Å². The first-order valence-electron chi connectivity index (χ1n) is 5.91. The van der Waals surface area contributed by atoms with E-state index in [2.05, 4.69) is 15.5 Å². The van der Waals surface area contributed by atoms with Crippen molar-refractivity contribution in [2.24, 2.45) is 5.10 Å². The van der Waals surface area contributed by atoms with E-state index < -0.39 is 24.9 Å². The van der Waals surface area contributed by atoms with Gasteiger partial charge in [-0.3, -0.25) is 5.43 Å². The Bertz CT molecular complexity index is 556. The van der Waals surface area contributed by atoms with Gasteiger partial charge >= 0.3 is 0 Å². The second kappa shape index (κ2) is 6.73. The van der Waals surface area contributed by atoms with Crippen LogP contribution in [0.5, 0.6) is 0 Å². The van der Waals surface area contributed by atoms with Crippen molar-refractivity contribution < 1.29 is 20.4 Å². The Labute approximate surface area is 118 Å². The van der Waals surface area contributed by atoms with Gasteiger partial charge in [-0.15, -0.1) is 0 Å². The number of aromatic nitrogens is 1. The minimum atomic E-state index is -1.50. The molecule has 20 heavy (non-hydrogen) atoms. The fourth-order valence-electron chi connectivity index (χ4n) is 1.51. The van der Waals surface area contributed by atoms with Crippen molar-refractivity contribution in [3.8, 4) is 0 Å². The fourth-order valence-corrected chi connectivity index (χ4v) is 2.33. The number of hydrogen-bond acceptors (Lipinski definition) is 8. The summed E-state index contributed by atoms with van der Waals surface area (Å²) in [5, 5.41) is 41.0. The molecule has 5 N–H and O–H groups in total. The average molecular weight is 297 g/mol. The number of nitrogens with zero attached hydrogens (tertiary/aromatic N) is 2. The summed E-state index contributed by atoms with van der Waals surface area (Å²) in [6, 6.07) is 7.59. The lowest BCUT2D eigenvalue weighted by Gasteiger charge is -2.17. The molecule has 7 nitrogen and oxygen atoms in total. The van der Waals surface area contributed by atoms with Gasteiger partial charge in [-0.1, -0.05) is 23.5 Å². The topological polar surface area (TPSA) is 118 Å². The normalized spacial score (nSPS) is 16.4. The molecule has 2 aromatic rings. The van der Waals surface area contributed by atoms with Gasteiger partial charge in [-0.25, -0.2) is 4.98 Å². The molecule has 3 atom stereocenters. The quantitative estimate of drug-likeness (QED) is 0.371. The van der Waals surface area contributed by atoms with Crippen molar-refractivity contribution in [3.63, 3.8) is 0 Å². The Morgan fingerprint density at radius 3 is 2.75 bits per heavy atom. The Morgan fingerprint density at radius 2 is 2.05 bits per heavy atom. The Morgan fingerprint density at radius 1 is 1.30 bits per heavy atom. The number of nitrogens with one attached hydrogen (secondary N) is 1. The van der Waals surface area contributed by atoms with Crippen molar-refractivity contribution in [2.45, 2.75) is 18.3 Å².